The Labute approximate surface area is 704 Å². The smallest absolute Gasteiger partial charge is 0.226 e. The van der Waals surface area contributed by atoms with Crippen LogP contribution in [0.2, 0.25) is 0 Å². The Morgan fingerprint density at radius 2 is 0.700 bits per heavy atom. The van der Waals surface area contributed by atoms with Gasteiger partial charge in [0.25, 0.3) is 0 Å². The van der Waals surface area contributed by atoms with Crippen molar-refractivity contribution in [3.8, 4) is 44.5 Å². The lowest BCUT2D eigenvalue weighted by Crippen LogP contribution is -2.28. The van der Waals surface area contributed by atoms with Gasteiger partial charge in [0.2, 0.25) is 23.6 Å². The summed E-state index contributed by atoms with van der Waals surface area (Å²) in [4.78, 5) is 123. The fraction of sp³-hybridized carbons (Fsp3) is 0.269. The molecule has 608 valence electrons. The van der Waals surface area contributed by atoms with E-state index in [2.05, 4.69) is 96.2 Å². The molecule has 16 heteroatoms. The average molecular weight is 1590 g/mol. The van der Waals surface area contributed by atoms with Crippen molar-refractivity contribution in [3.63, 3.8) is 0 Å². The molecule has 0 saturated heterocycles. The number of rotatable bonds is 24. The number of amides is 4. The monoisotopic (exact) mass is 1590 g/mol. The first-order valence-electron chi connectivity index (χ1n) is 42.0. The van der Waals surface area contributed by atoms with Crippen LogP contribution in [0.4, 0.5) is 22.7 Å². The van der Waals surface area contributed by atoms with E-state index in [-0.39, 0.29) is 58.1 Å². The number of Topliss-reactive ketones (excluding diaryl/α,β-unsaturated/α-hetero) is 4. The van der Waals surface area contributed by atoms with Crippen molar-refractivity contribution in [2.45, 2.75) is 157 Å². The summed E-state index contributed by atoms with van der Waals surface area (Å²) < 4.78 is 0. The van der Waals surface area contributed by atoms with Gasteiger partial charge in [0.05, 0.1) is 0 Å². The van der Waals surface area contributed by atoms with Gasteiger partial charge >= 0.3 is 0 Å². The van der Waals surface area contributed by atoms with Crippen LogP contribution in [-0.2, 0) is 63.1 Å². The Morgan fingerprint density at radius 1 is 0.358 bits per heavy atom. The highest BCUT2D eigenvalue weighted by Crippen LogP contribution is 2.40. The summed E-state index contributed by atoms with van der Waals surface area (Å²) in [6.07, 6.45) is 23.1. The van der Waals surface area contributed by atoms with Gasteiger partial charge < -0.3 is 19.6 Å². The highest BCUT2D eigenvalue weighted by atomic mass is 16.2. The molecule has 0 fully saturated rings. The minimum Gasteiger partial charge on any atom is -0.312 e. The maximum absolute atomic E-state index is 12.9. The third-order valence-electron chi connectivity index (χ3n) is 23.3. The average Bonchev–Trinajstić information content (AvgIpc) is 1.57. The van der Waals surface area contributed by atoms with Crippen molar-refractivity contribution in [1.29, 1.82) is 0 Å². The molecule has 8 heterocycles. The highest BCUT2D eigenvalue weighted by molar-refractivity contribution is 6.02. The molecule has 120 heavy (non-hydrogen) atoms. The molecule has 4 aliphatic rings. The minimum absolute atomic E-state index is 0.128. The molecule has 4 amide bonds. The first kappa shape index (κ1) is 84.8. The van der Waals surface area contributed by atoms with E-state index >= 15 is 0 Å². The predicted molar refractivity (Wildman–Crippen MR) is 479 cm³/mol. The van der Waals surface area contributed by atoms with Crippen LogP contribution < -0.4 is 19.6 Å². The molecule has 16 nitrogen and oxygen atoms in total. The molecule has 4 aliphatic heterocycles. The summed E-state index contributed by atoms with van der Waals surface area (Å²) in [5, 5.41) is 0. The van der Waals surface area contributed by atoms with Crippen LogP contribution in [0.1, 0.15) is 197 Å². The Bertz CT molecular complexity index is 5660. The second kappa shape index (κ2) is 39.4. The van der Waals surface area contributed by atoms with Crippen molar-refractivity contribution >= 4 is 69.5 Å². The number of aromatic nitrogens is 4. The molecule has 1 atom stereocenters. The van der Waals surface area contributed by atoms with E-state index in [0.717, 1.165) is 169 Å². The normalized spacial score (nSPS) is 13.1. The standard InChI is InChI=1S/C27H28N2O2.2C26H26N2O2.C25H24N2O2/c1-4-26(31)29-15-13-22-16-21(11-12-24(22)29)19-7-9-20(10-8-19)25(30)17-27(2,3)23-6-5-14-28-18-23;1-3-25(30)28-14-12-22-16-23(15-18(2)26(22)28)20-7-9-21(10-8-20)24(29)11-6-19-5-4-13-27-17-19;1-3-26(30)28-14-12-22-16-21(10-11-24(22)28)19-6-8-20(9-7-19)25(29)15-18(2)23-5-4-13-27-17-23;1-2-25(29)27-15-13-22-16-21(10-11-23(22)27)19-6-8-20(9-7-19)24(28)12-5-18-4-3-14-26-17-18/h5-12,14,16,18H,4,13,15,17H2,1-3H3;4-5,7-10,13,15-17H,3,6,11-12,14H2,1-2H3;4-11,13,16-18H,3,12,14-15H2,1-2H3;3-4,6-11,14,16-17H,2,5,12-13,15H2,1H3. The van der Waals surface area contributed by atoms with Gasteiger partial charge in [-0.25, -0.2) is 0 Å². The SMILES string of the molecule is CCC(=O)N1CCc2cc(-c3ccc(C(=O)CC(C)(C)c4cccnc4)cc3)ccc21.CCC(=O)N1CCc2cc(-c3ccc(C(=O)CC(C)c4cccnc4)cc3)ccc21.CCC(=O)N1CCc2cc(-c3ccc(C(=O)CCc4cccnc4)cc3)cc(C)c21.CCC(=O)N1CCc2cc(-c3ccc(C(=O)CCc4cccnc4)cc3)ccc21. The van der Waals surface area contributed by atoms with Crippen molar-refractivity contribution in [2.24, 2.45) is 0 Å². The molecule has 12 aromatic rings. The molecule has 0 radical (unpaired) electrons. The van der Waals surface area contributed by atoms with Crippen LogP contribution in [0, 0.1) is 6.92 Å². The van der Waals surface area contributed by atoms with Gasteiger partial charge in [-0.15, -0.1) is 0 Å². The number of fused-ring (bicyclic) bond motifs is 4. The number of anilines is 4. The number of aryl methyl sites for hydroxylation is 3. The zero-order chi connectivity index (χ0) is 84.4. The van der Waals surface area contributed by atoms with E-state index in [4.69, 9.17) is 0 Å². The molecule has 0 bridgehead atoms. The van der Waals surface area contributed by atoms with E-state index in [1.54, 1.807) is 31.0 Å². The number of carbonyl (C=O) groups excluding carboxylic acids is 8. The summed E-state index contributed by atoms with van der Waals surface area (Å²) in [6.45, 7) is 18.9. The Hall–Kier alpha value is -13.1. The zero-order valence-electron chi connectivity index (χ0n) is 70.0. The van der Waals surface area contributed by atoms with Crippen molar-refractivity contribution < 1.29 is 38.4 Å². The van der Waals surface area contributed by atoms with Gasteiger partial charge in [0.15, 0.2) is 23.1 Å². The van der Waals surface area contributed by atoms with E-state index in [1.165, 1.54) is 22.3 Å². The molecule has 4 aromatic heterocycles. The molecule has 0 saturated carbocycles. The summed E-state index contributed by atoms with van der Waals surface area (Å²) in [5.74, 6) is 1.38. The molecule has 0 N–H and O–H groups in total. The number of carbonyl (C=O) groups is 8. The van der Waals surface area contributed by atoms with E-state index < -0.39 is 0 Å². The summed E-state index contributed by atoms with van der Waals surface area (Å²) in [5.41, 5.74) is 25.9. The number of hydrogen-bond donors (Lipinski definition) is 0. The second-order valence-electron chi connectivity index (χ2n) is 31.8. The lowest BCUT2D eigenvalue weighted by atomic mass is 9.80. The minimum atomic E-state index is -0.272. The molecule has 0 spiro atoms. The zero-order valence-corrected chi connectivity index (χ0v) is 70.0. The molecule has 16 rings (SSSR count). The van der Waals surface area contributed by atoms with Gasteiger partial charge in [-0.3, -0.25) is 58.3 Å². The molecular weight excluding hydrogens is 1490 g/mol. The van der Waals surface area contributed by atoms with Crippen molar-refractivity contribution in [2.75, 3.05) is 45.8 Å². The van der Waals surface area contributed by atoms with Crippen LogP contribution in [0.15, 0.2) is 262 Å². The topological polar surface area (TPSA) is 201 Å². The molecule has 1 unspecified atom stereocenters. The van der Waals surface area contributed by atoms with E-state index in [0.29, 0.717) is 64.2 Å². The van der Waals surface area contributed by atoms with Crippen molar-refractivity contribution in [1.82, 2.24) is 19.9 Å². The van der Waals surface area contributed by atoms with Gasteiger partial charge in [-0.1, -0.05) is 188 Å². The maximum atomic E-state index is 12.9. The molecule has 0 aliphatic carbocycles. The summed E-state index contributed by atoms with van der Waals surface area (Å²) >= 11 is 0. The quantitative estimate of drug-likeness (QED) is 0.0519. The van der Waals surface area contributed by atoms with Crippen molar-refractivity contribution in [3.05, 3.63) is 334 Å². The number of ketones is 4. The van der Waals surface area contributed by atoms with Crippen LogP contribution in [0.25, 0.3) is 44.5 Å². The summed E-state index contributed by atoms with van der Waals surface area (Å²) in [6, 6.07) is 70.1. The third kappa shape index (κ3) is 20.5. The summed E-state index contributed by atoms with van der Waals surface area (Å²) in [7, 11) is 0. The maximum Gasteiger partial charge on any atom is 0.226 e. The third-order valence-corrected chi connectivity index (χ3v) is 23.3. The van der Waals surface area contributed by atoms with Gasteiger partial charge in [0.1, 0.15) is 0 Å². The van der Waals surface area contributed by atoms with Gasteiger partial charge in [-0.05, 0) is 224 Å². The van der Waals surface area contributed by atoms with Gasteiger partial charge in [-0.2, -0.15) is 0 Å². The number of nitrogens with zero attached hydrogens (tertiary/aromatic N) is 8. The first-order valence-corrected chi connectivity index (χ1v) is 42.0. The highest BCUT2D eigenvalue weighted by Gasteiger charge is 2.30. The van der Waals surface area contributed by atoms with Crippen LogP contribution in [-0.4, -0.2) is 92.9 Å². The number of pyridine rings is 4. The lowest BCUT2D eigenvalue weighted by molar-refractivity contribution is -0.119. The second-order valence-corrected chi connectivity index (χ2v) is 31.8. The largest absolute Gasteiger partial charge is 0.312 e. The first-order chi connectivity index (χ1) is 58.2. The predicted octanol–water partition coefficient (Wildman–Crippen LogP) is 21.1. The fourth-order valence-electron chi connectivity index (χ4n) is 16.3. The Morgan fingerprint density at radius 3 is 1.08 bits per heavy atom. The number of benzene rings is 8. The van der Waals surface area contributed by atoms with Crippen LogP contribution in [0.3, 0.4) is 0 Å². The van der Waals surface area contributed by atoms with E-state index in [1.807, 2.05) is 230 Å². The van der Waals surface area contributed by atoms with Crippen LogP contribution in [0.5, 0.6) is 0 Å². The lowest BCUT2D eigenvalue weighted by Gasteiger charge is -2.24. The van der Waals surface area contributed by atoms with E-state index in [9.17, 15) is 38.4 Å². The molecular formula is C104H104N8O8. The fourth-order valence-corrected chi connectivity index (χ4v) is 16.3. The van der Waals surface area contributed by atoms with Crippen LogP contribution >= 0.6 is 0 Å². The Balaban J connectivity index is 0.000000138. The molecule has 8 aromatic carbocycles. The Kier molecular flexibility index (Phi) is 27.9. The van der Waals surface area contributed by atoms with Gasteiger partial charge in [0, 0.05) is 172 Å². The number of hydrogen-bond acceptors (Lipinski definition) is 12.